The van der Waals surface area contributed by atoms with E-state index in [1.165, 1.54) is 11.8 Å². The van der Waals surface area contributed by atoms with Crippen molar-refractivity contribution >= 4 is 0 Å². The molecular formula is C8H18Zn. The first kappa shape index (κ1) is 16.3. The summed E-state index contributed by atoms with van der Waals surface area (Å²) < 4.78 is 0. The first-order valence-electron chi connectivity index (χ1n) is 3.00. The van der Waals surface area contributed by atoms with E-state index in [-0.39, 0.29) is 19.5 Å². The number of hydrogen-bond acceptors (Lipinski definition) is 0. The summed E-state index contributed by atoms with van der Waals surface area (Å²) in [4.78, 5) is 0. The third kappa shape index (κ3) is 973. The standard InChI is InChI=1S/2C4H9.Zn/c2*1-4(2)3;/h2*1-3H3;/q2*-1;+2. The summed E-state index contributed by atoms with van der Waals surface area (Å²) in [7, 11) is 0. The molecule has 0 unspecified atom stereocenters. The van der Waals surface area contributed by atoms with Crippen molar-refractivity contribution in [2.24, 2.45) is 0 Å². The maximum atomic E-state index is 2.08. The van der Waals surface area contributed by atoms with Crippen molar-refractivity contribution in [3.63, 3.8) is 0 Å². The summed E-state index contributed by atoms with van der Waals surface area (Å²) in [6, 6.07) is 0. The Hall–Kier alpha value is 0.623. The zero-order valence-corrected chi connectivity index (χ0v) is 10.7. The Balaban J connectivity index is -0.0000000720. The van der Waals surface area contributed by atoms with Crippen LogP contribution in [0.25, 0.3) is 0 Å². The SMILES string of the molecule is C[C-](C)C.C[C-](C)C.[Zn+2]. The van der Waals surface area contributed by atoms with E-state index in [9.17, 15) is 0 Å². The smallest absolute Gasteiger partial charge is 0.323 e. The molecule has 0 spiro atoms. The quantitative estimate of drug-likeness (QED) is 0.396. The molecule has 0 amide bonds. The maximum Gasteiger partial charge on any atom is 2.00 e. The van der Waals surface area contributed by atoms with Gasteiger partial charge in [0.15, 0.2) is 0 Å². The van der Waals surface area contributed by atoms with Crippen molar-refractivity contribution in [3.05, 3.63) is 11.8 Å². The summed E-state index contributed by atoms with van der Waals surface area (Å²) in [5.74, 6) is 2.83. The van der Waals surface area contributed by atoms with Crippen molar-refractivity contribution in [1.82, 2.24) is 0 Å². The molecule has 0 saturated heterocycles. The molecule has 0 aromatic carbocycles. The predicted octanol–water partition coefficient (Wildman–Crippen LogP) is 3.24. The molecule has 0 heterocycles. The van der Waals surface area contributed by atoms with Crippen LogP contribution >= 0.6 is 0 Å². The molecule has 0 aliphatic heterocycles. The van der Waals surface area contributed by atoms with Crippen molar-refractivity contribution in [3.8, 4) is 0 Å². The second kappa shape index (κ2) is 11.4. The molecule has 1 heteroatoms. The van der Waals surface area contributed by atoms with E-state index in [2.05, 4.69) is 41.5 Å². The minimum atomic E-state index is 0. The minimum absolute atomic E-state index is 0. The molecule has 0 aliphatic rings. The normalized spacial score (nSPS) is 8.00. The van der Waals surface area contributed by atoms with Gasteiger partial charge in [0.05, 0.1) is 0 Å². The van der Waals surface area contributed by atoms with Gasteiger partial charge in [0.2, 0.25) is 0 Å². The summed E-state index contributed by atoms with van der Waals surface area (Å²) in [6.07, 6.45) is 0. The minimum Gasteiger partial charge on any atom is -0.323 e. The van der Waals surface area contributed by atoms with E-state index < -0.39 is 0 Å². The first-order chi connectivity index (χ1) is 3.46. The van der Waals surface area contributed by atoms with Crippen LogP contribution in [-0.4, -0.2) is 0 Å². The van der Waals surface area contributed by atoms with Crippen LogP contribution in [0, 0.1) is 11.8 Å². The van der Waals surface area contributed by atoms with Crippen LogP contribution in [0.15, 0.2) is 0 Å². The van der Waals surface area contributed by atoms with E-state index in [0.717, 1.165) is 0 Å². The van der Waals surface area contributed by atoms with Gasteiger partial charge in [-0.15, -0.1) is 0 Å². The van der Waals surface area contributed by atoms with Crippen LogP contribution in [0.4, 0.5) is 0 Å². The second-order valence-electron chi connectivity index (χ2n) is 3.00. The van der Waals surface area contributed by atoms with Crippen LogP contribution in [0.5, 0.6) is 0 Å². The van der Waals surface area contributed by atoms with Gasteiger partial charge in [-0.05, 0) is 0 Å². The van der Waals surface area contributed by atoms with Gasteiger partial charge in [-0.2, -0.15) is 41.5 Å². The molecule has 0 saturated carbocycles. The summed E-state index contributed by atoms with van der Waals surface area (Å²) in [6.45, 7) is 12.5. The monoisotopic (exact) mass is 178 g/mol. The molecule has 52 valence electrons. The second-order valence-corrected chi connectivity index (χ2v) is 3.00. The fourth-order valence-corrected chi connectivity index (χ4v) is 0. The Morgan fingerprint density at radius 1 is 0.556 bits per heavy atom. The zero-order chi connectivity index (χ0) is 7.15. The fraction of sp³-hybridized carbons (Fsp3) is 0.750. The van der Waals surface area contributed by atoms with Gasteiger partial charge in [0.25, 0.3) is 0 Å². The molecule has 0 N–H and O–H groups in total. The Morgan fingerprint density at radius 2 is 0.556 bits per heavy atom. The fourth-order valence-electron chi connectivity index (χ4n) is 0. The Morgan fingerprint density at radius 3 is 0.556 bits per heavy atom. The van der Waals surface area contributed by atoms with E-state index in [1.807, 2.05) is 0 Å². The summed E-state index contributed by atoms with van der Waals surface area (Å²) in [5, 5.41) is 0. The van der Waals surface area contributed by atoms with Crippen molar-refractivity contribution < 1.29 is 19.5 Å². The third-order valence-corrected chi connectivity index (χ3v) is 0. The van der Waals surface area contributed by atoms with Crippen LogP contribution in [-0.2, 0) is 19.5 Å². The van der Waals surface area contributed by atoms with Crippen LogP contribution in [0.2, 0.25) is 0 Å². The molecule has 0 rings (SSSR count). The van der Waals surface area contributed by atoms with Crippen LogP contribution < -0.4 is 0 Å². The van der Waals surface area contributed by atoms with Crippen molar-refractivity contribution in [1.29, 1.82) is 0 Å². The molecule has 0 fully saturated rings. The molecule has 9 heavy (non-hydrogen) atoms. The largest absolute Gasteiger partial charge is 2.00 e. The maximum absolute atomic E-state index is 2.08. The predicted molar refractivity (Wildman–Crippen MR) is 40.5 cm³/mol. The van der Waals surface area contributed by atoms with Gasteiger partial charge in [0.1, 0.15) is 0 Å². The van der Waals surface area contributed by atoms with Crippen LogP contribution in [0.3, 0.4) is 0 Å². The van der Waals surface area contributed by atoms with E-state index >= 15 is 0 Å². The van der Waals surface area contributed by atoms with Gasteiger partial charge < -0.3 is 11.8 Å². The molecule has 0 bridgehead atoms. The van der Waals surface area contributed by atoms with Crippen molar-refractivity contribution in [2.75, 3.05) is 0 Å². The van der Waals surface area contributed by atoms with Crippen molar-refractivity contribution in [2.45, 2.75) is 41.5 Å². The Bertz CT molecular complexity index is 20.0. The van der Waals surface area contributed by atoms with E-state index in [0.29, 0.717) is 0 Å². The van der Waals surface area contributed by atoms with Crippen LogP contribution in [0.1, 0.15) is 41.5 Å². The molecule has 0 aromatic rings. The van der Waals surface area contributed by atoms with Gasteiger partial charge in [-0.3, -0.25) is 0 Å². The van der Waals surface area contributed by atoms with E-state index in [1.54, 1.807) is 0 Å². The Labute approximate surface area is 73.2 Å². The molecule has 0 aromatic heterocycles. The van der Waals surface area contributed by atoms with Gasteiger partial charge >= 0.3 is 19.5 Å². The molecule has 0 radical (unpaired) electrons. The molecule has 0 nitrogen and oxygen atoms in total. The van der Waals surface area contributed by atoms with Gasteiger partial charge in [0, 0.05) is 0 Å². The average molecular weight is 180 g/mol. The average Bonchev–Trinajstić information content (AvgIpc) is 1.25. The summed E-state index contributed by atoms with van der Waals surface area (Å²) in [5.41, 5.74) is 0. The van der Waals surface area contributed by atoms with Gasteiger partial charge in [-0.1, -0.05) is 0 Å². The Kier molecular flexibility index (Phi) is 20.7. The topological polar surface area (TPSA) is 0 Å². The zero-order valence-electron chi connectivity index (χ0n) is 7.71. The first-order valence-corrected chi connectivity index (χ1v) is 3.00. The van der Waals surface area contributed by atoms with Gasteiger partial charge in [-0.25, -0.2) is 0 Å². The number of hydrogen-bond donors (Lipinski definition) is 0. The molecule has 0 atom stereocenters. The number of rotatable bonds is 0. The summed E-state index contributed by atoms with van der Waals surface area (Å²) >= 11 is 0. The van der Waals surface area contributed by atoms with E-state index in [4.69, 9.17) is 0 Å². The third-order valence-electron chi connectivity index (χ3n) is 0. The molecule has 0 aliphatic carbocycles. The molecular weight excluding hydrogens is 161 g/mol.